The van der Waals surface area contributed by atoms with Gasteiger partial charge in [-0.05, 0) is 24.3 Å². The molecule has 0 aliphatic heterocycles. The molecule has 2 heterocycles. The van der Waals surface area contributed by atoms with E-state index in [0.717, 1.165) is 0 Å². The maximum atomic E-state index is 12.7. The molecule has 4 aromatic rings. The van der Waals surface area contributed by atoms with Crippen LogP contribution in [0.5, 0.6) is 11.5 Å². The maximum absolute atomic E-state index is 12.7. The van der Waals surface area contributed by atoms with E-state index in [0.29, 0.717) is 0 Å². The summed E-state index contributed by atoms with van der Waals surface area (Å²) in [6.45, 7) is 0. The minimum absolute atomic E-state index is 0. The predicted molar refractivity (Wildman–Crippen MR) is 96.8 cm³/mol. The lowest BCUT2D eigenvalue weighted by atomic mass is 10.3. The normalized spacial score (nSPS) is 11.9. The van der Waals surface area contributed by atoms with Gasteiger partial charge in [0.05, 0.1) is 22.1 Å². The summed E-state index contributed by atoms with van der Waals surface area (Å²) in [7, 11) is 0. The van der Waals surface area contributed by atoms with Crippen molar-refractivity contribution in [3.05, 3.63) is 48.0 Å². The molecule has 29 heavy (non-hydrogen) atoms. The van der Waals surface area contributed by atoms with E-state index in [9.17, 15) is 26.3 Å². The Bertz CT molecular complexity index is 1060. The van der Waals surface area contributed by atoms with Crippen molar-refractivity contribution in [3.8, 4) is 11.5 Å². The smallest absolute Gasteiger partial charge is 0.449 e. The number of hydrogen-bond donors (Lipinski definition) is 2. The number of rotatable bonds is 2. The molecule has 2 aromatic carbocycles. The van der Waals surface area contributed by atoms with Crippen molar-refractivity contribution in [2.24, 2.45) is 0 Å². The Morgan fingerprint density at radius 1 is 0.655 bits per heavy atom. The van der Waals surface area contributed by atoms with Crippen molar-refractivity contribution < 1.29 is 31.1 Å². The first kappa shape index (κ1) is 22.6. The van der Waals surface area contributed by atoms with Gasteiger partial charge in [-0.2, -0.15) is 26.3 Å². The second kappa shape index (κ2) is 7.64. The Morgan fingerprint density at radius 3 is 1.38 bits per heavy atom. The summed E-state index contributed by atoms with van der Waals surface area (Å²) in [6, 6.07) is 8.12. The Kier molecular flexibility index (Phi) is 5.96. The van der Waals surface area contributed by atoms with Crippen LogP contribution in [0, 0.1) is 0 Å². The second-order valence-corrected chi connectivity index (χ2v) is 5.63. The van der Waals surface area contributed by atoms with Crippen LogP contribution in [0.4, 0.5) is 26.3 Å². The average molecular weight is 459 g/mol. The minimum Gasteiger partial charge on any atom is -0.457 e. The van der Waals surface area contributed by atoms with Crippen LogP contribution in [-0.4, -0.2) is 19.9 Å². The van der Waals surface area contributed by atoms with E-state index in [2.05, 4.69) is 19.9 Å². The summed E-state index contributed by atoms with van der Waals surface area (Å²) in [4.78, 5) is 11.2. The molecule has 13 heteroatoms. The van der Waals surface area contributed by atoms with Gasteiger partial charge in [-0.3, -0.25) is 0 Å². The summed E-state index contributed by atoms with van der Waals surface area (Å²) in [6.07, 6.45) is -9.22. The molecule has 2 N–H and O–H groups in total. The van der Waals surface area contributed by atoms with E-state index in [1.54, 1.807) is 0 Å². The topological polar surface area (TPSA) is 66.6 Å². The summed E-state index contributed by atoms with van der Waals surface area (Å²) in [5, 5.41) is 0. The van der Waals surface area contributed by atoms with Crippen LogP contribution in [0.2, 0.25) is 0 Å². The molecule has 0 aliphatic carbocycles. The highest BCUT2D eigenvalue weighted by molar-refractivity contribution is 5.85. The van der Waals surface area contributed by atoms with Gasteiger partial charge in [0, 0.05) is 12.1 Å². The summed E-state index contributed by atoms with van der Waals surface area (Å²) in [5.74, 6) is -1.88. The van der Waals surface area contributed by atoms with Gasteiger partial charge >= 0.3 is 12.4 Å². The molecular weight excluding hydrogens is 449 g/mol. The molecule has 5 nitrogen and oxygen atoms in total. The lowest BCUT2D eigenvalue weighted by molar-refractivity contribution is -0.144. The lowest BCUT2D eigenvalue weighted by Gasteiger charge is -2.05. The molecule has 4 rings (SSSR count). The number of nitrogens with zero attached hydrogens (tertiary/aromatic N) is 2. The third-order valence-electron chi connectivity index (χ3n) is 3.68. The van der Waals surface area contributed by atoms with E-state index in [-0.39, 0.29) is 58.4 Å². The van der Waals surface area contributed by atoms with Gasteiger partial charge in [0.25, 0.3) is 0 Å². The summed E-state index contributed by atoms with van der Waals surface area (Å²) < 4.78 is 81.7. The Morgan fingerprint density at radius 2 is 1.03 bits per heavy atom. The molecule has 0 aliphatic rings. The Labute approximate surface area is 170 Å². The zero-order valence-electron chi connectivity index (χ0n) is 13.9. The largest absolute Gasteiger partial charge is 0.457 e. The molecule has 0 saturated heterocycles. The fourth-order valence-corrected chi connectivity index (χ4v) is 2.51. The van der Waals surface area contributed by atoms with Gasteiger partial charge in [0.2, 0.25) is 11.6 Å². The number of H-pyrrole nitrogens is 2. The molecule has 0 fully saturated rings. The third kappa shape index (κ3) is 4.51. The number of ether oxygens (including phenoxy) is 1. The first-order valence-electron chi connectivity index (χ1n) is 7.41. The van der Waals surface area contributed by atoms with Crippen LogP contribution in [0.25, 0.3) is 22.1 Å². The van der Waals surface area contributed by atoms with Crippen LogP contribution >= 0.6 is 24.8 Å². The van der Waals surface area contributed by atoms with Gasteiger partial charge in [-0.15, -0.1) is 24.8 Å². The number of halogens is 8. The predicted octanol–water partition coefficient (Wildman–Crippen LogP) is 6.11. The summed E-state index contributed by atoms with van der Waals surface area (Å²) >= 11 is 0. The number of aromatic nitrogens is 4. The van der Waals surface area contributed by atoms with Crippen LogP contribution in [-0.2, 0) is 12.4 Å². The van der Waals surface area contributed by atoms with Crippen molar-refractivity contribution in [1.82, 2.24) is 19.9 Å². The van der Waals surface area contributed by atoms with Crippen molar-refractivity contribution in [2.45, 2.75) is 12.4 Å². The fraction of sp³-hybridized carbons (Fsp3) is 0.125. The van der Waals surface area contributed by atoms with Gasteiger partial charge in [-0.1, -0.05) is 0 Å². The highest BCUT2D eigenvalue weighted by atomic mass is 35.5. The number of alkyl halides is 6. The highest BCUT2D eigenvalue weighted by Crippen LogP contribution is 2.32. The van der Waals surface area contributed by atoms with Crippen LogP contribution in [0.3, 0.4) is 0 Å². The number of fused-ring (bicyclic) bond motifs is 2. The molecule has 0 spiro atoms. The van der Waals surface area contributed by atoms with Gasteiger partial charge in [0.1, 0.15) is 11.5 Å². The number of hydrogen-bond acceptors (Lipinski definition) is 3. The quantitative estimate of drug-likeness (QED) is 0.356. The Balaban J connectivity index is 0.00000150. The van der Waals surface area contributed by atoms with E-state index in [4.69, 9.17) is 4.74 Å². The number of imidazole rings is 2. The van der Waals surface area contributed by atoms with Crippen molar-refractivity contribution in [1.29, 1.82) is 0 Å². The van der Waals surface area contributed by atoms with Crippen molar-refractivity contribution in [3.63, 3.8) is 0 Å². The van der Waals surface area contributed by atoms with Crippen molar-refractivity contribution in [2.75, 3.05) is 0 Å². The molecular formula is C16H10Cl2F6N4O. The zero-order chi connectivity index (χ0) is 19.4. The van der Waals surface area contributed by atoms with E-state index in [1.807, 2.05) is 0 Å². The van der Waals surface area contributed by atoms with Crippen LogP contribution < -0.4 is 4.74 Å². The first-order chi connectivity index (χ1) is 12.6. The molecule has 0 saturated carbocycles. The summed E-state index contributed by atoms with van der Waals surface area (Å²) in [5.41, 5.74) is 0.436. The minimum atomic E-state index is -4.61. The fourth-order valence-electron chi connectivity index (χ4n) is 2.51. The molecule has 0 bridgehead atoms. The number of aromatic amines is 2. The first-order valence-corrected chi connectivity index (χ1v) is 7.41. The van der Waals surface area contributed by atoms with Gasteiger partial charge in [0.15, 0.2) is 0 Å². The SMILES string of the molecule is Cl.Cl.FC(F)(F)c1nc2ccc(Oc3ccc4nc(C(F)(F)F)[nH]c4c3)cc2[nH]1. The third-order valence-corrected chi connectivity index (χ3v) is 3.68. The maximum Gasteiger partial charge on any atom is 0.449 e. The zero-order valence-corrected chi connectivity index (χ0v) is 15.5. The molecule has 0 amide bonds. The van der Waals surface area contributed by atoms with Crippen LogP contribution in [0.15, 0.2) is 36.4 Å². The molecule has 0 radical (unpaired) electrons. The van der Waals surface area contributed by atoms with Crippen LogP contribution in [0.1, 0.15) is 11.6 Å². The monoisotopic (exact) mass is 458 g/mol. The number of nitrogens with one attached hydrogen (secondary N) is 2. The molecule has 0 atom stereocenters. The lowest BCUT2D eigenvalue weighted by Crippen LogP contribution is -2.06. The van der Waals surface area contributed by atoms with E-state index < -0.39 is 24.0 Å². The average Bonchev–Trinajstić information content (AvgIpc) is 3.16. The molecule has 156 valence electrons. The van der Waals surface area contributed by atoms with E-state index >= 15 is 0 Å². The Hall–Kier alpha value is -2.66. The second-order valence-electron chi connectivity index (χ2n) is 5.63. The highest BCUT2D eigenvalue weighted by Gasteiger charge is 2.35. The standard InChI is InChI=1S/C16H8F6N4O.2ClH/c17-15(18,19)13-23-9-3-1-7(5-11(9)25-13)27-8-2-4-10-12(6-8)26-14(24-10)16(20,21)22;;/h1-6H,(H,23,25)(H,24,26);2*1H. The van der Waals surface area contributed by atoms with Gasteiger partial charge < -0.3 is 14.7 Å². The van der Waals surface area contributed by atoms with Gasteiger partial charge in [-0.25, -0.2) is 9.97 Å². The van der Waals surface area contributed by atoms with Crippen molar-refractivity contribution >= 4 is 46.9 Å². The molecule has 0 unspecified atom stereocenters. The molecule has 2 aromatic heterocycles. The van der Waals surface area contributed by atoms with E-state index in [1.165, 1.54) is 36.4 Å². The number of benzene rings is 2.